The monoisotopic (exact) mass is 742 g/mol. The summed E-state index contributed by atoms with van der Waals surface area (Å²) in [7, 11) is 0. The van der Waals surface area contributed by atoms with Gasteiger partial charge in [-0.25, -0.2) is 4.99 Å². The van der Waals surface area contributed by atoms with Crippen molar-refractivity contribution in [2.45, 2.75) is 6.04 Å². The number of aliphatic imine (C=N–C) groups is 1. The van der Waals surface area contributed by atoms with Crippen LogP contribution in [-0.4, -0.2) is 10.4 Å². The van der Waals surface area contributed by atoms with Crippen LogP contribution in [0, 0.1) is 11.3 Å². The molecule has 1 unspecified atom stereocenters. The lowest BCUT2D eigenvalue weighted by atomic mass is 9.87. The summed E-state index contributed by atoms with van der Waals surface area (Å²) in [6, 6.07) is 69.2. The van der Waals surface area contributed by atoms with Gasteiger partial charge in [-0.05, 0) is 52.6 Å². The molecule has 0 saturated heterocycles. The summed E-state index contributed by atoms with van der Waals surface area (Å²) in [6.45, 7) is 0. The quantitative estimate of drug-likeness (QED) is 0.184. The topological polar surface area (TPSA) is 66.2 Å². The number of amidine groups is 1. The summed E-state index contributed by atoms with van der Waals surface area (Å²) in [5, 5.41) is 19.1. The van der Waals surface area contributed by atoms with Gasteiger partial charge < -0.3 is 14.3 Å². The van der Waals surface area contributed by atoms with Crippen molar-refractivity contribution in [1.29, 1.82) is 5.26 Å². The van der Waals surface area contributed by atoms with Crippen molar-refractivity contribution in [2.24, 2.45) is 4.99 Å². The number of nitriles is 1. The van der Waals surface area contributed by atoms with Crippen molar-refractivity contribution in [2.75, 3.05) is 0 Å². The van der Waals surface area contributed by atoms with Gasteiger partial charge in [-0.2, -0.15) is 5.26 Å². The van der Waals surface area contributed by atoms with Gasteiger partial charge in [0.1, 0.15) is 17.0 Å². The van der Waals surface area contributed by atoms with Crippen LogP contribution in [0.2, 0.25) is 0 Å². The second-order valence-electron chi connectivity index (χ2n) is 14.6. The van der Waals surface area contributed by atoms with Gasteiger partial charge >= 0.3 is 0 Å². The van der Waals surface area contributed by atoms with Crippen LogP contribution in [0.25, 0.3) is 77.4 Å². The molecule has 3 heterocycles. The molecule has 0 spiro atoms. The molecule has 10 aromatic rings. The summed E-state index contributed by atoms with van der Waals surface area (Å²) in [6.07, 6.45) is 0. The summed E-state index contributed by atoms with van der Waals surface area (Å²) >= 11 is 0. The van der Waals surface area contributed by atoms with Crippen LogP contribution in [0.4, 0.5) is 0 Å². The molecule has 58 heavy (non-hydrogen) atoms. The third-order valence-corrected chi connectivity index (χ3v) is 11.3. The molecule has 0 fully saturated rings. The third kappa shape index (κ3) is 5.27. The first-order valence-corrected chi connectivity index (χ1v) is 19.5. The molecule has 11 rings (SSSR count). The highest BCUT2D eigenvalue weighted by Gasteiger charge is 2.32. The van der Waals surface area contributed by atoms with E-state index in [1.165, 1.54) is 0 Å². The number of nitrogens with zero attached hydrogens (tertiary/aromatic N) is 3. The maximum Gasteiger partial charge on any atom is 0.145 e. The van der Waals surface area contributed by atoms with Crippen LogP contribution in [-0.2, 0) is 0 Å². The van der Waals surface area contributed by atoms with Crippen molar-refractivity contribution >= 4 is 55.3 Å². The molecule has 1 N–H and O–H groups in total. The predicted molar refractivity (Wildman–Crippen MR) is 237 cm³/mol. The first kappa shape index (κ1) is 33.4. The van der Waals surface area contributed by atoms with Crippen LogP contribution in [0.3, 0.4) is 0 Å². The Morgan fingerprint density at radius 3 is 1.88 bits per heavy atom. The van der Waals surface area contributed by atoms with Gasteiger partial charge in [-0.15, -0.1) is 0 Å². The van der Waals surface area contributed by atoms with Gasteiger partial charge in [0.25, 0.3) is 0 Å². The Morgan fingerprint density at radius 2 is 1.16 bits per heavy atom. The number of nitrogens with one attached hydrogen (secondary N) is 1. The molecular weight excluding hydrogens is 709 g/mol. The third-order valence-electron chi connectivity index (χ3n) is 11.3. The number of furan rings is 1. The van der Waals surface area contributed by atoms with E-state index in [1.807, 2.05) is 66.7 Å². The molecule has 0 radical (unpaired) electrons. The van der Waals surface area contributed by atoms with E-state index in [0.29, 0.717) is 17.1 Å². The van der Waals surface area contributed by atoms with E-state index in [0.717, 1.165) is 88.4 Å². The highest BCUT2D eigenvalue weighted by atomic mass is 16.3. The second-order valence-corrected chi connectivity index (χ2v) is 14.6. The fourth-order valence-electron chi connectivity index (χ4n) is 8.78. The first-order valence-electron chi connectivity index (χ1n) is 19.5. The van der Waals surface area contributed by atoms with Gasteiger partial charge in [0.15, 0.2) is 0 Å². The normalized spacial score (nSPS) is 14.2. The van der Waals surface area contributed by atoms with Crippen molar-refractivity contribution in [3.63, 3.8) is 0 Å². The Bertz CT molecular complexity index is 3300. The molecule has 5 heteroatoms. The molecule has 1 aliphatic rings. The smallest absolute Gasteiger partial charge is 0.145 e. The molecule has 0 amide bonds. The summed E-state index contributed by atoms with van der Waals surface area (Å²) in [4.78, 5) is 5.47. The van der Waals surface area contributed by atoms with Crippen LogP contribution in [0.1, 0.15) is 22.7 Å². The van der Waals surface area contributed by atoms with Crippen molar-refractivity contribution in [1.82, 2.24) is 9.88 Å². The summed E-state index contributed by atoms with van der Waals surface area (Å²) in [5.41, 5.74) is 13.0. The maximum absolute atomic E-state index is 10.8. The van der Waals surface area contributed by atoms with E-state index >= 15 is 0 Å². The van der Waals surface area contributed by atoms with Gasteiger partial charge in [0.2, 0.25) is 0 Å². The SMILES string of the molecule is N#CC1=C(c2ccccc2)N=C(c2c(-c3ccccc3)ccc(-n3c4ccccc4c4c5oc6ccccc6c5ccc43)c2-c2ccccc2)NC1c1ccccc1. The number of hydrogen-bond donors (Lipinski definition) is 1. The Labute approximate surface area is 335 Å². The zero-order valence-corrected chi connectivity index (χ0v) is 31.3. The number of hydrogen-bond acceptors (Lipinski definition) is 4. The molecule has 2 aromatic heterocycles. The minimum Gasteiger partial charge on any atom is -0.455 e. The highest BCUT2D eigenvalue weighted by molar-refractivity contribution is 6.24. The predicted octanol–water partition coefficient (Wildman–Crippen LogP) is 13.0. The zero-order chi connectivity index (χ0) is 38.6. The average Bonchev–Trinajstić information content (AvgIpc) is 3.85. The first-order chi connectivity index (χ1) is 28.8. The summed E-state index contributed by atoms with van der Waals surface area (Å²) in [5.74, 6) is 0.687. The largest absolute Gasteiger partial charge is 0.455 e. The minimum atomic E-state index is -0.445. The zero-order valence-electron chi connectivity index (χ0n) is 31.3. The van der Waals surface area contributed by atoms with Crippen molar-refractivity contribution in [3.05, 3.63) is 216 Å². The van der Waals surface area contributed by atoms with Gasteiger partial charge in [-0.1, -0.05) is 164 Å². The van der Waals surface area contributed by atoms with Crippen LogP contribution in [0.15, 0.2) is 209 Å². The Kier molecular flexibility index (Phi) is 7.87. The Balaban J connectivity index is 1.28. The molecule has 8 aromatic carbocycles. The summed E-state index contributed by atoms with van der Waals surface area (Å²) < 4.78 is 9.07. The standard InChI is InChI=1S/C53H34N4O/c54-33-42-50(36-21-9-3-10-22-36)55-53(56-51(42)37-23-11-4-12-24-37)49-38(34-17-5-1-6-18-34)29-31-44(47(49)35-19-7-2-8-20-35)57-43-27-15-13-26-41(43)48-45(57)32-30-40-39-25-14-16-28-46(39)58-52(40)48/h1-32,50H,(H,55,56). The number of aromatic nitrogens is 1. The molecular formula is C53H34N4O. The second kappa shape index (κ2) is 13.7. The van der Waals surface area contributed by atoms with E-state index in [-0.39, 0.29) is 0 Å². The molecule has 5 nitrogen and oxygen atoms in total. The minimum absolute atomic E-state index is 0.445. The number of benzene rings is 8. The fraction of sp³-hybridized carbons (Fsp3) is 0.0189. The molecule has 0 aliphatic carbocycles. The van der Waals surface area contributed by atoms with E-state index in [1.54, 1.807) is 0 Å². The molecule has 272 valence electrons. The highest BCUT2D eigenvalue weighted by Crippen LogP contribution is 2.45. The average molecular weight is 743 g/mol. The van der Waals surface area contributed by atoms with E-state index in [4.69, 9.17) is 9.41 Å². The van der Waals surface area contributed by atoms with Crippen LogP contribution in [0.5, 0.6) is 0 Å². The number of rotatable bonds is 6. The number of fused-ring (bicyclic) bond motifs is 7. The van der Waals surface area contributed by atoms with Gasteiger partial charge in [0, 0.05) is 32.8 Å². The van der Waals surface area contributed by atoms with Crippen LogP contribution < -0.4 is 5.32 Å². The maximum atomic E-state index is 10.8. The molecule has 0 bridgehead atoms. The molecule has 1 atom stereocenters. The van der Waals surface area contributed by atoms with Gasteiger partial charge in [0.05, 0.1) is 45.5 Å². The van der Waals surface area contributed by atoms with E-state index < -0.39 is 6.04 Å². The van der Waals surface area contributed by atoms with Gasteiger partial charge in [-0.3, -0.25) is 0 Å². The Morgan fingerprint density at radius 1 is 0.534 bits per heavy atom. The fourth-order valence-corrected chi connectivity index (χ4v) is 8.78. The van der Waals surface area contributed by atoms with Crippen molar-refractivity contribution in [3.8, 4) is 34.0 Å². The molecule has 0 saturated carbocycles. The van der Waals surface area contributed by atoms with E-state index in [2.05, 4.69) is 143 Å². The molecule has 1 aliphatic heterocycles. The lowest BCUT2D eigenvalue weighted by Gasteiger charge is -2.30. The lowest BCUT2D eigenvalue weighted by Crippen LogP contribution is -2.34. The Hall–Kier alpha value is -7.94. The van der Waals surface area contributed by atoms with Crippen molar-refractivity contribution < 1.29 is 4.42 Å². The van der Waals surface area contributed by atoms with E-state index in [9.17, 15) is 5.26 Å². The number of para-hydroxylation sites is 2. The lowest BCUT2D eigenvalue weighted by molar-refractivity contribution is 0.673. The van der Waals surface area contributed by atoms with Crippen LogP contribution >= 0.6 is 0 Å².